The van der Waals surface area contributed by atoms with Gasteiger partial charge in [0.05, 0.1) is 0 Å². The number of carbonyl (C=O) groups excluding carboxylic acids is 1. The Bertz CT molecular complexity index is 340. The van der Waals surface area contributed by atoms with E-state index in [4.69, 9.17) is 5.73 Å². The van der Waals surface area contributed by atoms with E-state index in [2.05, 4.69) is 5.32 Å². The molecule has 4 N–H and O–H groups in total. The summed E-state index contributed by atoms with van der Waals surface area (Å²) in [6.07, 6.45) is 2.21. The number of nitrogens with two attached hydrogens (primary N) is 1. The Morgan fingerprint density at radius 1 is 1.38 bits per heavy atom. The Kier molecular flexibility index (Phi) is 5.36. The van der Waals surface area contributed by atoms with Crippen molar-refractivity contribution in [3.63, 3.8) is 0 Å². The highest BCUT2D eigenvalue weighted by molar-refractivity contribution is 5.73. The maximum atomic E-state index is 10.5. The van der Waals surface area contributed by atoms with Gasteiger partial charge < -0.3 is 16.2 Å². The van der Waals surface area contributed by atoms with E-state index in [0.29, 0.717) is 6.42 Å². The molecular formula is C12H18N2O2. The molecule has 0 radical (unpaired) electrons. The van der Waals surface area contributed by atoms with Gasteiger partial charge in [0.25, 0.3) is 0 Å². The second kappa shape index (κ2) is 6.85. The molecule has 1 rings (SSSR count). The lowest BCUT2D eigenvalue weighted by atomic mass is 10.2. The van der Waals surface area contributed by atoms with Crippen LogP contribution in [0.3, 0.4) is 0 Å². The van der Waals surface area contributed by atoms with Crippen LogP contribution in [0.5, 0.6) is 5.75 Å². The molecule has 1 aromatic rings. The highest BCUT2D eigenvalue weighted by atomic mass is 16.3. The van der Waals surface area contributed by atoms with Crippen molar-refractivity contribution in [2.24, 2.45) is 5.73 Å². The molecule has 0 aliphatic heterocycles. The van der Waals surface area contributed by atoms with Gasteiger partial charge in [0.15, 0.2) is 0 Å². The number of hydrogen-bond acceptors (Lipinski definition) is 3. The van der Waals surface area contributed by atoms with Gasteiger partial charge in [0.1, 0.15) is 5.75 Å². The predicted molar refractivity (Wildman–Crippen MR) is 62.9 cm³/mol. The van der Waals surface area contributed by atoms with Gasteiger partial charge in [-0.05, 0) is 37.1 Å². The van der Waals surface area contributed by atoms with Gasteiger partial charge in [0.2, 0.25) is 5.91 Å². The van der Waals surface area contributed by atoms with Gasteiger partial charge in [-0.25, -0.2) is 0 Å². The third-order valence-electron chi connectivity index (χ3n) is 2.27. The smallest absolute Gasteiger partial charge is 0.217 e. The van der Waals surface area contributed by atoms with Crippen LogP contribution in [-0.2, 0) is 11.3 Å². The molecule has 0 bridgehead atoms. The van der Waals surface area contributed by atoms with Crippen LogP contribution in [0.15, 0.2) is 24.3 Å². The van der Waals surface area contributed by atoms with Gasteiger partial charge in [-0.15, -0.1) is 0 Å². The van der Waals surface area contributed by atoms with Gasteiger partial charge in [-0.1, -0.05) is 12.1 Å². The molecule has 0 aliphatic rings. The average molecular weight is 222 g/mol. The number of benzene rings is 1. The number of hydrogen-bond donors (Lipinski definition) is 3. The van der Waals surface area contributed by atoms with Gasteiger partial charge in [-0.3, -0.25) is 4.79 Å². The van der Waals surface area contributed by atoms with Crippen molar-refractivity contribution in [1.29, 1.82) is 0 Å². The zero-order valence-electron chi connectivity index (χ0n) is 9.28. The van der Waals surface area contributed by atoms with Crippen LogP contribution >= 0.6 is 0 Å². The van der Waals surface area contributed by atoms with Crippen LogP contribution in [-0.4, -0.2) is 17.6 Å². The van der Waals surface area contributed by atoms with Crippen LogP contribution < -0.4 is 11.1 Å². The normalized spacial score (nSPS) is 10.2. The van der Waals surface area contributed by atoms with E-state index in [0.717, 1.165) is 31.5 Å². The summed E-state index contributed by atoms with van der Waals surface area (Å²) in [5, 5.41) is 12.5. The molecule has 0 atom stereocenters. The number of rotatable bonds is 7. The third kappa shape index (κ3) is 5.36. The summed E-state index contributed by atoms with van der Waals surface area (Å²) in [6, 6.07) is 7.16. The highest BCUT2D eigenvalue weighted by Gasteiger charge is 1.96. The van der Waals surface area contributed by atoms with Crippen LogP contribution in [0.1, 0.15) is 24.8 Å². The molecule has 1 amide bonds. The Labute approximate surface area is 95.5 Å². The molecule has 88 valence electrons. The van der Waals surface area contributed by atoms with Crippen molar-refractivity contribution in [2.75, 3.05) is 6.54 Å². The average Bonchev–Trinajstić information content (AvgIpc) is 2.23. The van der Waals surface area contributed by atoms with Crippen molar-refractivity contribution < 1.29 is 9.90 Å². The maximum absolute atomic E-state index is 10.5. The largest absolute Gasteiger partial charge is 0.508 e. The van der Waals surface area contributed by atoms with E-state index < -0.39 is 0 Å². The van der Waals surface area contributed by atoms with Gasteiger partial charge in [-0.2, -0.15) is 0 Å². The predicted octanol–water partition coefficient (Wildman–Crippen LogP) is 1.14. The number of primary amides is 1. The zero-order chi connectivity index (χ0) is 11.8. The van der Waals surface area contributed by atoms with Crippen molar-refractivity contribution >= 4 is 5.91 Å². The Morgan fingerprint density at radius 3 is 2.88 bits per heavy atom. The lowest BCUT2D eigenvalue weighted by Gasteiger charge is -2.04. The standard InChI is InChI=1S/C12H18N2O2/c13-12(16)6-1-2-7-14-9-10-4-3-5-11(15)8-10/h3-5,8,14-15H,1-2,6-7,9H2,(H2,13,16). The highest BCUT2D eigenvalue weighted by Crippen LogP contribution is 2.10. The monoisotopic (exact) mass is 222 g/mol. The van der Waals surface area contributed by atoms with E-state index in [1.54, 1.807) is 12.1 Å². The van der Waals surface area contributed by atoms with Crippen LogP contribution in [0.2, 0.25) is 0 Å². The first-order valence-corrected chi connectivity index (χ1v) is 5.45. The molecule has 0 aromatic heterocycles. The quantitative estimate of drug-likeness (QED) is 0.605. The SMILES string of the molecule is NC(=O)CCCCNCc1cccc(O)c1. The second-order valence-corrected chi connectivity index (χ2v) is 3.77. The summed E-state index contributed by atoms with van der Waals surface area (Å²) >= 11 is 0. The fraction of sp³-hybridized carbons (Fsp3) is 0.417. The van der Waals surface area contributed by atoms with Crippen LogP contribution in [0, 0.1) is 0 Å². The van der Waals surface area contributed by atoms with E-state index in [1.807, 2.05) is 12.1 Å². The first-order chi connectivity index (χ1) is 7.68. The first-order valence-electron chi connectivity index (χ1n) is 5.45. The lowest BCUT2D eigenvalue weighted by molar-refractivity contribution is -0.118. The van der Waals surface area contributed by atoms with E-state index in [-0.39, 0.29) is 11.7 Å². The summed E-state index contributed by atoms with van der Waals surface area (Å²) in [5.74, 6) is 0.0426. The van der Waals surface area contributed by atoms with Crippen molar-refractivity contribution in [3.8, 4) is 5.75 Å². The number of phenolic OH excluding ortho intramolecular Hbond substituents is 1. The lowest BCUT2D eigenvalue weighted by Crippen LogP contribution is -2.16. The van der Waals surface area contributed by atoms with Crippen molar-refractivity contribution in [3.05, 3.63) is 29.8 Å². The summed E-state index contributed by atoms with van der Waals surface area (Å²) in [7, 11) is 0. The zero-order valence-corrected chi connectivity index (χ0v) is 9.28. The summed E-state index contributed by atoms with van der Waals surface area (Å²) in [5.41, 5.74) is 6.08. The fourth-order valence-electron chi connectivity index (χ4n) is 1.45. The molecule has 0 saturated heterocycles. The molecule has 0 fully saturated rings. The third-order valence-corrected chi connectivity index (χ3v) is 2.27. The van der Waals surface area contributed by atoms with Crippen LogP contribution in [0.25, 0.3) is 0 Å². The van der Waals surface area contributed by atoms with Gasteiger partial charge in [0, 0.05) is 13.0 Å². The first kappa shape index (κ1) is 12.5. The number of phenols is 1. The minimum Gasteiger partial charge on any atom is -0.508 e. The Balaban J connectivity index is 2.09. The van der Waals surface area contributed by atoms with E-state index in [1.165, 1.54) is 0 Å². The number of nitrogens with one attached hydrogen (secondary N) is 1. The minimum atomic E-state index is -0.243. The van der Waals surface area contributed by atoms with Gasteiger partial charge >= 0.3 is 0 Å². The molecule has 4 heteroatoms. The molecule has 1 aromatic carbocycles. The van der Waals surface area contributed by atoms with E-state index >= 15 is 0 Å². The molecule has 16 heavy (non-hydrogen) atoms. The van der Waals surface area contributed by atoms with Crippen molar-refractivity contribution in [2.45, 2.75) is 25.8 Å². The summed E-state index contributed by atoms with van der Waals surface area (Å²) in [6.45, 7) is 1.58. The van der Waals surface area contributed by atoms with E-state index in [9.17, 15) is 9.90 Å². The fourth-order valence-corrected chi connectivity index (χ4v) is 1.45. The summed E-state index contributed by atoms with van der Waals surface area (Å²) < 4.78 is 0. The number of aromatic hydroxyl groups is 1. The number of carbonyl (C=O) groups is 1. The Hall–Kier alpha value is -1.55. The molecule has 0 unspecified atom stereocenters. The molecule has 0 spiro atoms. The topological polar surface area (TPSA) is 75.4 Å². The molecule has 0 saturated carbocycles. The second-order valence-electron chi connectivity index (χ2n) is 3.77. The summed E-state index contributed by atoms with van der Waals surface area (Å²) in [4.78, 5) is 10.5. The number of amides is 1. The molecule has 0 heterocycles. The molecular weight excluding hydrogens is 204 g/mol. The molecule has 4 nitrogen and oxygen atoms in total. The minimum absolute atomic E-state index is 0.243. The molecule has 0 aliphatic carbocycles. The van der Waals surface area contributed by atoms with Crippen LogP contribution in [0.4, 0.5) is 0 Å². The Morgan fingerprint density at radius 2 is 2.19 bits per heavy atom. The maximum Gasteiger partial charge on any atom is 0.217 e. The van der Waals surface area contributed by atoms with Crippen molar-refractivity contribution in [1.82, 2.24) is 5.32 Å². The number of unbranched alkanes of at least 4 members (excludes halogenated alkanes) is 1.